The molecule has 3 aliphatic rings. The van der Waals surface area contributed by atoms with Crippen LogP contribution in [-0.2, 0) is 23.1 Å². The van der Waals surface area contributed by atoms with Gasteiger partial charge < -0.3 is 10.6 Å². The van der Waals surface area contributed by atoms with Crippen molar-refractivity contribution < 1.29 is 4.79 Å². The zero-order valence-electron chi connectivity index (χ0n) is 10.5. The molecule has 94 valence electrons. The van der Waals surface area contributed by atoms with Gasteiger partial charge in [-0.2, -0.15) is 0 Å². The molecule has 1 aliphatic carbocycles. The van der Waals surface area contributed by atoms with E-state index in [0.717, 1.165) is 25.9 Å². The van der Waals surface area contributed by atoms with Crippen LogP contribution in [0, 0.1) is 0 Å². The van der Waals surface area contributed by atoms with Gasteiger partial charge in [-0.05, 0) is 42.4 Å². The number of hydrogen-bond donors (Lipinski definition) is 1. The van der Waals surface area contributed by atoms with Gasteiger partial charge in [0.1, 0.15) is 0 Å². The summed E-state index contributed by atoms with van der Waals surface area (Å²) in [5.41, 5.74) is 11.6. The number of carbonyl (C=O) groups is 1. The van der Waals surface area contributed by atoms with Crippen molar-refractivity contribution in [3.05, 3.63) is 28.8 Å². The smallest absolute Gasteiger partial charge is 0.227 e. The molecule has 1 saturated carbocycles. The Labute approximate surface area is 107 Å². The molecule has 1 aromatic rings. The molecule has 0 unspecified atom stereocenters. The quantitative estimate of drug-likeness (QED) is 0.854. The third-order valence-corrected chi connectivity index (χ3v) is 4.91. The molecule has 0 bridgehead atoms. The number of aryl methyl sites for hydroxylation is 1. The lowest BCUT2D eigenvalue weighted by Gasteiger charge is -2.27. The third kappa shape index (κ3) is 1.25. The Balaban J connectivity index is 1.86. The Hall–Kier alpha value is -1.35. The normalized spacial score (nSPS) is 23.2. The molecule has 0 spiro atoms. The molecule has 18 heavy (non-hydrogen) atoms. The average Bonchev–Trinajstić information content (AvgIpc) is 3.08. The number of amides is 1. The van der Waals surface area contributed by atoms with Crippen LogP contribution >= 0.6 is 0 Å². The molecule has 1 amide bonds. The van der Waals surface area contributed by atoms with Crippen LogP contribution in [0.1, 0.15) is 36.0 Å². The van der Waals surface area contributed by atoms with Crippen LogP contribution in [0.25, 0.3) is 0 Å². The molecule has 2 aliphatic heterocycles. The minimum absolute atomic E-state index is 0.264. The van der Waals surface area contributed by atoms with Gasteiger partial charge in [0, 0.05) is 24.9 Å². The van der Waals surface area contributed by atoms with E-state index in [1.54, 1.807) is 0 Å². The van der Waals surface area contributed by atoms with E-state index in [0.29, 0.717) is 12.3 Å². The summed E-state index contributed by atoms with van der Waals surface area (Å²) in [6.45, 7) is 1.63. The van der Waals surface area contributed by atoms with Crippen LogP contribution in [0.2, 0.25) is 0 Å². The SMILES string of the molecule is NCC1(c2cc3c4c(c2)CCN4C(=O)CC3)CC1. The number of carbonyl (C=O) groups excluding carboxylic acids is 1. The van der Waals surface area contributed by atoms with Crippen molar-refractivity contribution in [3.63, 3.8) is 0 Å². The third-order valence-electron chi connectivity index (χ3n) is 4.91. The molecule has 3 nitrogen and oxygen atoms in total. The van der Waals surface area contributed by atoms with Crippen LogP contribution in [0.15, 0.2) is 12.1 Å². The van der Waals surface area contributed by atoms with E-state index in [1.165, 1.54) is 35.2 Å². The average molecular weight is 242 g/mol. The first kappa shape index (κ1) is 10.6. The Morgan fingerprint density at radius 2 is 1.89 bits per heavy atom. The number of anilines is 1. The van der Waals surface area contributed by atoms with Gasteiger partial charge in [0.2, 0.25) is 5.91 Å². The highest BCUT2D eigenvalue weighted by Gasteiger charge is 2.44. The highest BCUT2D eigenvalue weighted by molar-refractivity contribution is 5.98. The Bertz CT molecular complexity index is 546. The van der Waals surface area contributed by atoms with Crippen LogP contribution < -0.4 is 10.6 Å². The summed E-state index contributed by atoms with van der Waals surface area (Å²) < 4.78 is 0. The molecule has 4 rings (SSSR count). The lowest BCUT2D eigenvalue weighted by Crippen LogP contribution is -2.33. The maximum absolute atomic E-state index is 11.9. The van der Waals surface area contributed by atoms with E-state index in [-0.39, 0.29) is 5.41 Å². The van der Waals surface area contributed by atoms with Gasteiger partial charge in [-0.3, -0.25) is 4.79 Å². The second-order valence-electron chi connectivity index (χ2n) is 5.92. The van der Waals surface area contributed by atoms with Gasteiger partial charge in [0.05, 0.1) is 5.69 Å². The van der Waals surface area contributed by atoms with Crippen LogP contribution in [0.5, 0.6) is 0 Å². The fourth-order valence-electron chi connectivity index (χ4n) is 3.53. The molecule has 2 N–H and O–H groups in total. The zero-order valence-corrected chi connectivity index (χ0v) is 10.5. The second kappa shape index (κ2) is 3.35. The highest BCUT2D eigenvalue weighted by Crippen LogP contribution is 2.50. The van der Waals surface area contributed by atoms with Crippen molar-refractivity contribution in [1.29, 1.82) is 0 Å². The molecule has 1 fully saturated rings. The first-order valence-corrected chi connectivity index (χ1v) is 6.90. The minimum Gasteiger partial charge on any atom is -0.330 e. The number of nitrogens with two attached hydrogens (primary N) is 1. The fourth-order valence-corrected chi connectivity index (χ4v) is 3.53. The van der Waals surface area contributed by atoms with E-state index in [9.17, 15) is 4.79 Å². The van der Waals surface area contributed by atoms with Gasteiger partial charge in [-0.1, -0.05) is 12.1 Å². The van der Waals surface area contributed by atoms with Crippen molar-refractivity contribution in [2.45, 2.75) is 37.5 Å². The van der Waals surface area contributed by atoms with Gasteiger partial charge in [0.25, 0.3) is 0 Å². The van der Waals surface area contributed by atoms with E-state index in [4.69, 9.17) is 5.73 Å². The van der Waals surface area contributed by atoms with Crippen LogP contribution in [0.4, 0.5) is 5.69 Å². The molecule has 0 saturated heterocycles. The van der Waals surface area contributed by atoms with Gasteiger partial charge in [0.15, 0.2) is 0 Å². The largest absolute Gasteiger partial charge is 0.330 e. The van der Waals surface area contributed by atoms with Crippen LogP contribution in [-0.4, -0.2) is 19.0 Å². The molecular weight excluding hydrogens is 224 g/mol. The summed E-state index contributed by atoms with van der Waals surface area (Å²) in [5, 5.41) is 0. The second-order valence-corrected chi connectivity index (χ2v) is 5.92. The van der Waals surface area contributed by atoms with Crippen LogP contribution in [0.3, 0.4) is 0 Å². The van der Waals surface area contributed by atoms with Crippen molar-refractivity contribution in [2.75, 3.05) is 18.0 Å². The van der Waals surface area contributed by atoms with Crippen molar-refractivity contribution >= 4 is 11.6 Å². The summed E-state index contributed by atoms with van der Waals surface area (Å²) in [5.74, 6) is 0.300. The van der Waals surface area contributed by atoms with Crippen molar-refractivity contribution in [1.82, 2.24) is 0 Å². The monoisotopic (exact) mass is 242 g/mol. The van der Waals surface area contributed by atoms with Crippen molar-refractivity contribution in [2.24, 2.45) is 5.73 Å². The zero-order chi connectivity index (χ0) is 12.3. The Kier molecular flexibility index (Phi) is 1.97. The lowest BCUT2D eigenvalue weighted by molar-refractivity contribution is -0.118. The van der Waals surface area contributed by atoms with E-state index < -0.39 is 0 Å². The predicted octanol–water partition coefficient (Wildman–Crippen LogP) is 1.51. The first-order chi connectivity index (χ1) is 8.73. The minimum atomic E-state index is 0.264. The molecule has 0 atom stereocenters. The summed E-state index contributed by atoms with van der Waals surface area (Å²) in [6.07, 6.45) is 5.05. The summed E-state index contributed by atoms with van der Waals surface area (Å²) in [7, 11) is 0. The Morgan fingerprint density at radius 3 is 2.56 bits per heavy atom. The molecular formula is C15H18N2O. The standard InChI is InChI=1S/C15H18N2O/c16-9-15(4-5-15)12-7-10-1-2-13(18)17-6-3-11(8-12)14(10)17/h7-8H,1-6,9,16H2. The maximum atomic E-state index is 11.9. The molecule has 2 heterocycles. The summed E-state index contributed by atoms with van der Waals surface area (Å²) in [4.78, 5) is 13.9. The molecule has 0 radical (unpaired) electrons. The predicted molar refractivity (Wildman–Crippen MR) is 70.8 cm³/mol. The number of rotatable bonds is 2. The van der Waals surface area contributed by atoms with Gasteiger partial charge in [-0.25, -0.2) is 0 Å². The number of hydrogen-bond acceptors (Lipinski definition) is 2. The fraction of sp³-hybridized carbons (Fsp3) is 0.533. The van der Waals surface area contributed by atoms with Crippen molar-refractivity contribution in [3.8, 4) is 0 Å². The Morgan fingerprint density at radius 1 is 1.17 bits per heavy atom. The first-order valence-electron chi connectivity index (χ1n) is 6.90. The molecule has 1 aromatic carbocycles. The van der Waals surface area contributed by atoms with E-state index >= 15 is 0 Å². The van der Waals surface area contributed by atoms with E-state index in [1.807, 2.05) is 4.90 Å². The van der Waals surface area contributed by atoms with Gasteiger partial charge in [-0.15, -0.1) is 0 Å². The topological polar surface area (TPSA) is 46.3 Å². The molecule has 3 heteroatoms. The van der Waals surface area contributed by atoms with Gasteiger partial charge >= 0.3 is 0 Å². The van der Waals surface area contributed by atoms with E-state index in [2.05, 4.69) is 12.1 Å². The maximum Gasteiger partial charge on any atom is 0.227 e. The number of benzene rings is 1. The summed E-state index contributed by atoms with van der Waals surface area (Å²) >= 11 is 0. The highest BCUT2D eigenvalue weighted by atomic mass is 16.2. The number of nitrogens with zero attached hydrogens (tertiary/aromatic N) is 1. The summed E-state index contributed by atoms with van der Waals surface area (Å²) in [6, 6.07) is 4.64. The lowest BCUT2D eigenvalue weighted by atomic mass is 9.89. The molecule has 0 aromatic heterocycles.